The lowest BCUT2D eigenvalue weighted by atomic mass is 9.66. The highest BCUT2D eigenvalue weighted by molar-refractivity contribution is 5.08. The smallest absolute Gasteiger partial charge is 0.0557 e. The van der Waals surface area contributed by atoms with E-state index in [4.69, 9.17) is 5.73 Å². The largest absolute Gasteiger partial charge is 0.393 e. The first kappa shape index (κ1) is 9.75. The first-order valence-electron chi connectivity index (χ1n) is 4.78. The molecule has 0 atom stereocenters. The van der Waals surface area contributed by atoms with Crippen LogP contribution < -0.4 is 5.73 Å². The van der Waals surface area contributed by atoms with Crippen molar-refractivity contribution in [2.24, 2.45) is 11.1 Å². The second-order valence-electron chi connectivity index (χ2n) is 3.82. The number of unbranched alkanes of at least 4 members (excludes halogenated alkanes) is 1. The summed E-state index contributed by atoms with van der Waals surface area (Å²) in [6, 6.07) is 0. The van der Waals surface area contributed by atoms with Crippen molar-refractivity contribution in [2.75, 3.05) is 6.54 Å². The van der Waals surface area contributed by atoms with Gasteiger partial charge >= 0.3 is 0 Å². The van der Waals surface area contributed by atoms with Gasteiger partial charge in [0.05, 0.1) is 6.10 Å². The Morgan fingerprint density at radius 3 is 2.67 bits per heavy atom. The minimum atomic E-state index is -0.111. The van der Waals surface area contributed by atoms with E-state index < -0.39 is 0 Å². The zero-order chi connectivity index (χ0) is 9.03. The van der Waals surface area contributed by atoms with Crippen molar-refractivity contribution in [2.45, 2.75) is 38.7 Å². The fourth-order valence-corrected chi connectivity index (χ4v) is 1.75. The molecule has 0 saturated heterocycles. The van der Waals surface area contributed by atoms with Crippen molar-refractivity contribution < 1.29 is 5.11 Å². The van der Waals surface area contributed by atoms with Crippen LogP contribution in [0.1, 0.15) is 32.6 Å². The molecule has 0 unspecified atom stereocenters. The Labute approximate surface area is 74.5 Å². The highest BCUT2D eigenvalue weighted by Crippen LogP contribution is 2.41. The number of allylic oxidation sites excluding steroid dienone is 1. The van der Waals surface area contributed by atoms with Crippen LogP contribution in [0.3, 0.4) is 0 Å². The fraction of sp³-hybridized carbons (Fsp3) is 0.800. The van der Waals surface area contributed by atoms with Gasteiger partial charge in [0.2, 0.25) is 0 Å². The van der Waals surface area contributed by atoms with Gasteiger partial charge < -0.3 is 10.8 Å². The van der Waals surface area contributed by atoms with Crippen molar-refractivity contribution in [3.63, 3.8) is 0 Å². The van der Waals surface area contributed by atoms with E-state index in [-0.39, 0.29) is 11.5 Å². The molecule has 70 valence electrons. The molecule has 1 rings (SSSR count). The zero-order valence-corrected chi connectivity index (χ0v) is 7.79. The van der Waals surface area contributed by atoms with Crippen LogP contribution in [0.4, 0.5) is 0 Å². The van der Waals surface area contributed by atoms with Crippen LogP contribution in [-0.2, 0) is 0 Å². The van der Waals surface area contributed by atoms with Gasteiger partial charge in [-0.15, -0.1) is 0 Å². The lowest BCUT2D eigenvalue weighted by Crippen LogP contribution is -2.44. The first-order valence-corrected chi connectivity index (χ1v) is 4.78. The summed E-state index contributed by atoms with van der Waals surface area (Å²) >= 11 is 0. The van der Waals surface area contributed by atoms with Crippen LogP contribution in [0.25, 0.3) is 0 Å². The summed E-state index contributed by atoms with van der Waals surface area (Å²) in [6.45, 7) is 2.83. The maximum atomic E-state index is 9.18. The number of nitrogens with two attached hydrogens (primary N) is 1. The van der Waals surface area contributed by atoms with E-state index in [0.29, 0.717) is 6.54 Å². The predicted octanol–water partition coefficient (Wildman–Crippen LogP) is 1.44. The number of hydrogen-bond donors (Lipinski definition) is 2. The van der Waals surface area contributed by atoms with Crippen LogP contribution in [0, 0.1) is 5.41 Å². The topological polar surface area (TPSA) is 46.2 Å². The summed E-state index contributed by atoms with van der Waals surface area (Å²) < 4.78 is 0. The molecule has 0 spiro atoms. The molecule has 0 aromatic carbocycles. The van der Waals surface area contributed by atoms with Crippen molar-refractivity contribution >= 4 is 0 Å². The van der Waals surface area contributed by atoms with E-state index in [1.165, 1.54) is 6.42 Å². The third kappa shape index (κ3) is 2.08. The standard InChI is InChI=1S/C10H19NO/c1-2-3-4-5-10(8-11)6-9(12)7-10/h4-5,9,12H,2-3,6-8,11H2,1H3/b5-4+. The number of aliphatic hydroxyl groups excluding tert-OH is 1. The molecule has 1 aliphatic rings. The summed E-state index contributed by atoms with van der Waals surface area (Å²) in [5, 5.41) is 9.18. The molecule has 3 N–H and O–H groups in total. The van der Waals surface area contributed by atoms with Gasteiger partial charge in [0.25, 0.3) is 0 Å². The average molecular weight is 169 g/mol. The Hall–Kier alpha value is -0.340. The second-order valence-corrected chi connectivity index (χ2v) is 3.82. The molecular formula is C10H19NO. The molecular weight excluding hydrogens is 150 g/mol. The Balaban J connectivity index is 2.36. The van der Waals surface area contributed by atoms with Crippen LogP contribution >= 0.6 is 0 Å². The van der Waals surface area contributed by atoms with E-state index in [1.54, 1.807) is 0 Å². The Bertz CT molecular complexity index is 159. The maximum Gasteiger partial charge on any atom is 0.0557 e. The van der Waals surface area contributed by atoms with Gasteiger partial charge in [0.1, 0.15) is 0 Å². The summed E-state index contributed by atoms with van der Waals surface area (Å²) in [4.78, 5) is 0. The monoisotopic (exact) mass is 169 g/mol. The van der Waals surface area contributed by atoms with E-state index >= 15 is 0 Å². The first-order chi connectivity index (χ1) is 5.72. The molecule has 2 nitrogen and oxygen atoms in total. The molecule has 0 aromatic rings. The molecule has 2 heteroatoms. The van der Waals surface area contributed by atoms with Crippen LogP contribution in [0.15, 0.2) is 12.2 Å². The molecule has 1 fully saturated rings. The van der Waals surface area contributed by atoms with E-state index in [9.17, 15) is 5.11 Å². The van der Waals surface area contributed by atoms with Crippen molar-refractivity contribution in [3.8, 4) is 0 Å². The van der Waals surface area contributed by atoms with Crippen molar-refractivity contribution in [1.82, 2.24) is 0 Å². The third-order valence-electron chi connectivity index (χ3n) is 2.62. The van der Waals surface area contributed by atoms with Crippen molar-refractivity contribution in [3.05, 3.63) is 12.2 Å². The average Bonchev–Trinajstić information content (AvgIpc) is 2.01. The molecule has 0 aromatic heterocycles. The van der Waals surface area contributed by atoms with Crippen LogP contribution in [0.2, 0.25) is 0 Å². The fourth-order valence-electron chi connectivity index (χ4n) is 1.75. The summed E-state index contributed by atoms with van der Waals surface area (Å²) in [7, 11) is 0. The molecule has 0 bridgehead atoms. The molecule has 0 aliphatic heterocycles. The molecule has 1 saturated carbocycles. The number of rotatable bonds is 4. The van der Waals surface area contributed by atoms with E-state index in [1.807, 2.05) is 0 Å². The summed E-state index contributed by atoms with van der Waals surface area (Å²) in [5.74, 6) is 0. The van der Waals surface area contributed by atoms with Gasteiger partial charge in [-0.25, -0.2) is 0 Å². The Kier molecular flexibility index (Phi) is 3.29. The van der Waals surface area contributed by atoms with Gasteiger partial charge in [0, 0.05) is 12.0 Å². The minimum absolute atomic E-state index is 0.111. The highest BCUT2D eigenvalue weighted by atomic mass is 16.3. The normalized spacial score (nSPS) is 35.4. The Morgan fingerprint density at radius 1 is 1.58 bits per heavy atom. The molecule has 1 aliphatic carbocycles. The molecule has 12 heavy (non-hydrogen) atoms. The van der Waals surface area contributed by atoms with Gasteiger partial charge in [0.15, 0.2) is 0 Å². The van der Waals surface area contributed by atoms with Crippen LogP contribution in [-0.4, -0.2) is 17.8 Å². The molecule has 0 radical (unpaired) electrons. The van der Waals surface area contributed by atoms with E-state index in [2.05, 4.69) is 19.1 Å². The van der Waals surface area contributed by atoms with Gasteiger partial charge in [-0.1, -0.05) is 25.5 Å². The van der Waals surface area contributed by atoms with E-state index in [0.717, 1.165) is 19.3 Å². The predicted molar refractivity (Wildman–Crippen MR) is 50.8 cm³/mol. The minimum Gasteiger partial charge on any atom is -0.393 e. The summed E-state index contributed by atoms with van der Waals surface area (Å²) in [6.07, 6.45) is 8.28. The molecule has 0 amide bonds. The molecule has 0 heterocycles. The number of aliphatic hydroxyl groups is 1. The lowest BCUT2D eigenvalue weighted by Gasteiger charge is -2.42. The van der Waals surface area contributed by atoms with Gasteiger partial charge in [-0.3, -0.25) is 0 Å². The summed E-state index contributed by atoms with van der Waals surface area (Å²) in [5.41, 5.74) is 5.78. The quantitative estimate of drug-likeness (QED) is 0.626. The SMILES string of the molecule is CCC/C=C/C1(CN)CC(O)C1. The highest BCUT2D eigenvalue weighted by Gasteiger charge is 2.39. The lowest BCUT2D eigenvalue weighted by molar-refractivity contribution is 0.00366. The maximum absolute atomic E-state index is 9.18. The third-order valence-corrected chi connectivity index (χ3v) is 2.62. The Morgan fingerprint density at radius 2 is 2.25 bits per heavy atom. The van der Waals surface area contributed by atoms with Gasteiger partial charge in [-0.05, 0) is 19.3 Å². The van der Waals surface area contributed by atoms with Crippen molar-refractivity contribution in [1.29, 1.82) is 0 Å². The zero-order valence-electron chi connectivity index (χ0n) is 7.79. The second kappa shape index (κ2) is 4.06. The number of hydrogen-bond acceptors (Lipinski definition) is 2. The van der Waals surface area contributed by atoms with Crippen LogP contribution in [0.5, 0.6) is 0 Å². The van der Waals surface area contributed by atoms with Gasteiger partial charge in [-0.2, -0.15) is 0 Å².